The van der Waals surface area contributed by atoms with Gasteiger partial charge in [-0.2, -0.15) is 0 Å². The first-order chi connectivity index (χ1) is 14.2. The Morgan fingerprint density at radius 2 is 1.62 bits per heavy atom. The number of carbonyl (C=O) groups excluding carboxylic acids is 2. The zero-order chi connectivity index (χ0) is 20.2. The molecular weight excluding hydrogens is 364 g/mol. The molecule has 5 nitrogen and oxygen atoms in total. The summed E-state index contributed by atoms with van der Waals surface area (Å²) in [6, 6.07) is 23.9. The Bertz CT molecular complexity index is 1060. The summed E-state index contributed by atoms with van der Waals surface area (Å²) in [5.74, 6) is -0.596. The van der Waals surface area contributed by atoms with E-state index in [1.54, 1.807) is 49.7 Å². The fourth-order valence-corrected chi connectivity index (χ4v) is 3.42. The number of carbonyl (C=O) groups is 2. The van der Waals surface area contributed by atoms with E-state index in [1.807, 2.05) is 42.5 Å². The molecule has 0 aliphatic carbocycles. The van der Waals surface area contributed by atoms with Crippen LogP contribution in [0.2, 0.25) is 0 Å². The maximum Gasteiger partial charge on any atom is 0.265 e. The van der Waals surface area contributed by atoms with Crippen molar-refractivity contribution in [3.8, 4) is 5.75 Å². The van der Waals surface area contributed by atoms with E-state index >= 15 is 0 Å². The molecule has 0 saturated heterocycles. The molecule has 2 amide bonds. The number of benzene rings is 3. The number of hydrogen-bond acceptors (Lipinski definition) is 4. The number of rotatable bonds is 5. The Hall–Kier alpha value is -3.73. The molecule has 1 aliphatic heterocycles. The number of fused-ring (bicyclic) bond motifs is 1. The molecule has 0 N–H and O–H groups in total. The average Bonchev–Trinajstić information content (AvgIpc) is 2.77. The number of amides is 2. The standard InChI is InChI=1S/C24H20N2O3/c1-29-19-13-11-18(12-14-19)26-23(27)21-10-6-5-9-20(21)22(24(26)28)16-25-15-17-7-3-2-4-8-17/h2-14,16,22H,15H2,1H3/t22-/m0/s1. The van der Waals surface area contributed by atoms with Crippen LogP contribution in [0, 0.1) is 0 Å². The first-order valence-electron chi connectivity index (χ1n) is 9.34. The van der Waals surface area contributed by atoms with E-state index in [0.29, 0.717) is 29.1 Å². The van der Waals surface area contributed by atoms with Crippen molar-refractivity contribution in [3.05, 3.63) is 95.6 Å². The zero-order valence-electron chi connectivity index (χ0n) is 16.0. The SMILES string of the molecule is COc1ccc(N2C(=O)c3ccccc3[C@H](C=NCc3ccccc3)C2=O)cc1. The first kappa shape index (κ1) is 18.6. The highest BCUT2D eigenvalue weighted by Crippen LogP contribution is 2.32. The van der Waals surface area contributed by atoms with E-state index in [2.05, 4.69) is 4.99 Å². The molecule has 1 atom stereocenters. The summed E-state index contributed by atoms with van der Waals surface area (Å²) < 4.78 is 5.17. The molecule has 0 spiro atoms. The number of aliphatic imine (C=N–C) groups is 1. The van der Waals surface area contributed by atoms with Gasteiger partial charge in [0.25, 0.3) is 5.91 Å². The first-order valence-corrected chi connectivity index (χ1v) is 9.34. The van der Waals surface area contributed by atoms with E-state index in [0.717, 1.165) is 5.56 Å². The molecule has 0 aromatic heterocycles. The monoisotopic (exact) mass is 384 g/mol. The van der Waals surface area contributed by atoms with E-state index in [-0.39, 0.29) is 11.8 Å². The Morgan fingerprint density at radius 1 is 0.931 bits per heavy atom. The molecule has 0 saturated carbocycles. The molecule has 0 radical (unpaired) electrons. The van der Waals surface area contributed by atoms with Gasteiger partial charge in [-0.15, -0.1) is 0 Å². The van der Waals surface area contributed by atoms with Crippen LogP contribution in [0.1, 0.15) is 27.4 Å². The summed E-state index contributed by atoms with van der Waals surface area (Å²) in [6.45, 7) is 0.475. The lowest BCUT2D eigenvalue weighted by molar-refractivity contribution is -0.118. The van der Waals surface area contributed by atoms with E-state index in [4.69, 9.17) is 4.74 Å². The van der Waals surface area contributed by atoms with Crippen molar-refractivity contribution >= 4 is 23.7 Å². The maximum atomic E-state index is 13.3. The van der Waals surface area contributed by atoms with Gasteiger partial charge in [-0.1, -0.05) is 48.5 Å². The average molecular weight is 384 g/mol. The Morgan fingerprint density at radius 3 is 2.34 bits per heavy atom. The van der Waals surface area contributed by atoms with Crippen molar-refractivity contribution in [2.24, 2.45) is 4.99 Å². The second-order valence-corrected chi connectivity index (χ2v) is 6.72. The summed E-state index contributed by atoms with van der Waals surface area (Å²) in [5.41, 5.74) is 2.77. The Kier molecular flexibility index (Phi) is 5.20. The van der Waals surface area contributed by atoms with Gasteiger partial charge in [0.1, 0.15) is 5.75 Å². The second kappa shape index (κ2) is 8.10. The number of methoxy groups -OCH3 is 1. The van der Waals surface area contributed by atoms with Gasteiger partial charge >= 0.3 is 0 Å². The van der Waals surface area contributed by atoms with Crippen LogP contribution in [0.3, 0.4) is 0 Å². The predicted octanol–water partition coefficient (Wildman–Crippen LogP) is 4.24. The molecule has 29 heavy (non-hydrogen) atoms. The predicted molar refractivity (Wildman–Crippen MR) is 113 cm³/mol. The van der Waals surface area contributed by atoms with Crippen molar-refractivity contribution in [1.29, 1.82) is 0 Å². The summed E-state index contributed by atoms with van der Waals surface area (Å²) >= 11 is 0. The molecule has 3 aromatic rings. The summed E-state index contributed by atoms with van der Waals surface area (Å²) in [6.07, 6.45) is 1.65. The molecule has 4 rings (SSSR count). The minimum Gasteiger partial charge on any atom is -0.497 e. The smallest absolute Gasteiger partial charge is 0.265 e. The highest BCUT2D eigenvalue weighted by Gasteiger charge is 2.38. The van der Waals surface area contributed by atoms with Crippen LogP contribution in [0.4, 0.5) is 5.69 Å². The molecule has 3 aromatic carbocycles. The summed E-state index contributed by atoms with van der Waals surface area (Å²) in [5, 5.41) is 0. The second-order valence-electron chi connectivity index (χ2n) is 6.72. The normalized spacial score (nSPS) is 16.2. The zero-order valence-corrected chi connectivity index (χ0v) is 16.0. The van der Waals surface area contributed by atoms with Gasteiger partial charge in [-0.25, -0.2) is 4.90 Å². The number of imide groups is 1. The molecular formula is C24H20N2O3. The van der Waals surface area contributed by atoms with Crippen LogP contribution in [0.5, 0.6) is 5.75 Å². The number of anilines is 1. The lowest BCUT2D eigenvalue weighted by Crippen LogP contribution is -2.45. The van der Waals surface area contributed by atoms with Crippen molar-refractivity contribution in [3.63, 3.8) is 0 Å². The largest absolute Gasteiger partial charge is 0.497 e. The van der Waals surface area contributed by atoms with Gasteiger partial charge in [0, 0.05) is 11.8 Å². The van der Waals surface area contributed by atoms with E-state index in [1.165, 1.54) is 4.90 Å². The Balaban J connectivity index is 1.69. The number of nitrogens with zero attached hydrogens (tertiary/aromatic N) is 2. The van der Waals surface area contributed by atoms with Gasteiger partial charge in [-0.05, 0) is 41.5 Å². The highest BCUT2D eigenvalue weighted by molar-refractivity contribution is 6.29. The molecule has 0 unspecified atom stereocenters. The van der Waals surface area contributed by atoms with Crippen LogP contribution in [0.15, 0.2) is 83.9 Å². The molecule has 144 valence electrons. The Labute approximate surface area is 169 Å². The third-order valence-corrected chi connectivity index (χ3v) is 4.92. The molecule has 1 heterocycles. The van der Waals surface area contributed by atoms with Crippen molar-refractivity contribution in [2.45, 2.75) is 12.5 Å². The van der Waals surface area contributed by atoms with E-state index in [9.17, 15) is 9.59 Å². The maximum absolute atomic E-state index is 13.3. The third-order valence-electron chi connectivity index (χ3n) is 4.92. The van der Waals surface area contributed by atoms with Crippen molar-refractivity contribution in [2.75, 3.05) is 12.0 Å². The van der Waals surface area contributed by atoms with Crippen LogP contribution >= 0.6 is 0 Å². The molecule has 5 heteroatoms. The minimum atomic E-state index is -0.616. The topological polar surface area (TPSA) is 59.0 Å². The quantitative estimate of drug-likeness (QED) is 0.488. The lowest BCUT2D eigenvalue weighted by atomic mass is 9.89. The lowest BCUT2D eigenvalue weighted by Gasteiger charge is -2.31. The van der Waals surface area contributed by atoms with E-state index < -0.39 is 5.92 Å². The van der Waals surface area contributed by atoms with Crippen LogP contribution < -0.4 is 9.64 Å². The van der Waals surface area contributed by atoms with Crippen molar-refractivity contribution in [1.82, 2.24) is 0 Å². The molecule has 1 aliphatic rings. The summed E-state index contributed by atoms with van der Waals surface area (Å²) in [7, 11) is 1.57. The van der Waals surface area contributed by atoms with Crippen LogP contribution in [0.25, 0.3) is 0 Å². The number of hydrogen-bond donors (Lipinski definition) is 0. The molecule has 0 bridgehead atoms. The third kappa shape index (κ3) is 3.67. The summed E-state index contributed by atoms with van der Waals surface area (Å²) in [4.78, 5) is 32.0. The van der Waals surface area contributed by atoms with Gasteiger partial charge in [-0.3, -0.25) is 14.6 Å². The van der Waals surface area contributed by atoms with Crippen LogP contribution in [-0.4, -0.2) is 25.1 Å². The van der Waals surface area contributed by atoms with Gasteiger partial charge in [0.05, 0.1) is 25.3 Å². The van der Waals surface area contributed by atoms with Gasteiger partial charge in [0.15, 0.2) is 0 Å². The highest BCUT2D eigenvalue weighted by atomic mass is 16.5. The fourth-order valence-electron chi connectivity index (χ4n) is 3.42. The van der Waals surface area contributed by atoms with Crippen LogP contribution in [-0.2, 0) is 11.3 Å². The molecule has 0 fully saturated rings. The van der Waals surface area contributed by atoms with Gasteiger partial charge in [0.2, 0.25) is 5.91 Å². The van der Waals surface area contributed by atoms with Crippen molar-refractivity contribution < 1.29 is 14.3 Å². The van der Waals surface area contributed by atoms with Gasteiger partial charge < -0.3 is 4.74 Å². The number of ether oxygens (including phenoxy) is 1. The fraction of sp³-hybridized carbons (Fsp3) is 0.125. The minimum absolute atomic E-state index is 0.310.